The van der Waals surface area contributed by atoms with Crippen molar-refractivity contribution >= 4 is 23.5 Å². The highest BCUT2D eigenvalue weighted by Crippen LogP contribution is 2.34. The first-order chi connectivity index (χ1) is 14.1. The van der Waals surface area contributed by atoms with Gasteiger partial charge in [0.05, 0.1) is 13.2 Å². The second kappa shape index (κ2) is 8.02. The number of benzene rings is 2. The molecule has 4 rings (SSSR count). The molecule has 0 aromatic heterocycles. The Hall–Kier alpha value is -3.23. The van der Waals surface area contributed by atoms with Crippen LogP contribution in [0.3, 0.4) is 0 Å². The number of nitrogens with two attached hydrogens (primary N) is 1. The number of amides is 2. The van der Waals surface area contributed by atoms with E-state index in [9.17, 15) is 14.4 Å². The third-order valence-corrected chi connectivity index (χ3v) is 5.03. The Kier molecular flexibility index (Phi) is 5.28. The summed E-state index contributed by atoms with van der Waals surface area (Å²) in [5.41, 5.74) is 7.13. The summed E-state index contributed by atoms with van der Waals surface area (Å²) in [6.45, 7) is -0.0212. The van der Waals surface area contributed by atoms with Crippen LogP contribution in [0.5, 0.6) is 0 Å². The number of para-hydroxylation sites is 1. The first-order valence-electron chi connectivity index (χ1n) is 9.31. The molecule has 2 aromatic carbocycles. The Balaban J connectivity index is 1.47. The largest absolute Gasteiger partial charge is 0.444 e. The van der Waals surface area contributed by atoms with Gasteiger partial charge in [-0.25, -0.2) is 4.79 Å². The number of carbonyl (C=O) groups is 3. The van der Waals surface area contributed by atoms with Gasteiger partial charge >= 0.3 is 6.09 Å². The maximum absolute atomic E-state index is 12.8. The van der Waals surface area contributed by atoms with E-state index in [4.69, 9.17) is 15.2 Å². The normalized spacial score (nSPS) is 22.6. The molecule has 0 radical (unpaired) electrons. The van der Waals surface area contributed by atoms with Gasteiger partial charge in [-0.3, -0.25) is 19.4 Å². The molecule has 2 N–H and O–H groups in total. The van der Waals surface area contributed by atoms with Crippen LogP contribution in [0, 0.1) is 5.92 Å². The maximum atomic E-state index is 12.8. The first-order valence-corrected chi connectivity index (χ1v) is 9.31. The average molecular weight is 395 g/mol. The van der Waals surface area contributed by atoms with Crippen molar-refractivity contribution in [1.82, 2.24) is 4.90 Å². The highest BCUT2D eigenvalue weighted by Gasteiger charge is 2.57. The topological polar surface area (TPSA) is 102 Å². The third kappa shape index (κ3) is 3.72. The molecule has 1 unspecified atom stereocenters. The van der Waals surface area contributed by atoms with Gasteiger partial charge in [0.1, 0.15) is 18.7 Å². The zero-order chi connectivity index (χ0) is 20.4. The van der Waals surface area contributed by atoms with Crippen LogP contribution in [-0.4, -0.2) is 48.2 Å². The molecule has 2 aromatic rings. The van der Waals surface area contributed by atoms with E-state index in [0.717, 1.165) is 5.56 Å². The Morgan fingerprint density at radius 3 is 2.45 bits per heavy atom. The van der Waals surface area contributed by atoms with Gasteiger partial charge in [-0.1, -0.05) is 48.5 Å². The lowest BCUT2D eigenvalue weighted by Gasteiger charge is -2.41. The smallest absolute Gasteiger partial charge is 0.415 e. The van der Waals surface area contributed by atoms with Crippen molar-refractivity contribution in [1.29, 1.82) is 0 Å². The molecule has 2 saturated heterocycles. The van der Waals surface area contributed by atoms with E-state index in [-0.39, 0.29) is 25.7 Å². The molecular formula is C21H21N3O5. The number of rotatable bonds is 6. The number of ketones is 1. The van der Waals surface area contributed by atoms with Gasteiger partial charge in [0.2, 0.25) is 5.91 Å². The summed E-state index contributed by atoms with van der Waals surface area (Å²) < 4.78 is 10.8. The number of hydrogen-bond acceptors (Lipinski definition) is 6. The highest BCUT2D eigenvalue weighted by atomic mass is 16.6. The van der Waals surface area contributed by atoms with Gasteiger partial charge in [0.15, 0.2) is 12.0 Å². The van der Waals surface area contributed by atoms with Gasteiger partial charge in [-0.2, -0.15) is 0 Å². The fraction of sp³-hybridized carbons (Fsp3) is 0.286. The molecule has 150 valence electrons. The van der Waals surface area contributed by atoms with Crippen molar-refractivity contribution in [3.8, 4) is 0 Å². The number of nitrogens with zero attached hydrogens (tertiary/aromatic N) is 2. The van der Waals surface area contributed by atoms with Gasteiger partial charge in [0, 0.05) is 5.69 Å². The van der Waals surface area contributed by atoms with Crippen LogP contribution in [0.4, 0.5) is 10.5 Å². The lowest BCUT2D eigenvalue weighted by molar-refractivity contribution is -0.175. The first kappa shape index (κ1) is 19.1. The average Bonchev–Trinajstić information content (AvgIpc) is 3.07. The summed E-state index contributed by atoms with van der Waals surface area (Å²) in [7, 11) is 0. The van der Waals surface area contributed by atoms with E-state index in [0.29, 0.717) is 5.69 Å². The number of β-lactam (4-membered cyclic amide) rings is 1. The number of fused-ring (bicyclic) bond motifs is 1. The minimum atomic E-state index is -0.948. The van der Waals surface area contributed by atoms with Crippen LogP contribution in [0.2, 0.25) is 0 Å². The SMILES string of the molecule is NC1CO[C@@H]2[C@@H](C(=O)CN(C(=O)OCc3ccccc3)c3ccccc3)C(=O)N12. The number of carbonyl (C=O) groups excluding carboxylic acids is 3. The molecule has 8 nitrogen and oxygen atoms in total. The Morgan fingerprint density at radius 1 is 1.10 bits per heavy atom. The lowest BCUT2D eigenvalue weighted by Crippen LogP contribution is -2.66. The molecule has 2 aliphatic heterocycles. The summed E-state index contributed by atoms with van der Waals surface area (Å²) in [5, 5.41) is 0. The molecular weight excluding hydrogens is 374 g/mol. The van der Waals surface area contributed by atoms with Crippen LogP contribution in [-0.2, 0) is 25.7 Å². The van der Waals surface area contributed by atoms with E-state index >= 15 is 0 Å². The second-order valence-corrected chi connectivity index (χ2v) is 6.94. The zero-order valence-corrected chi connectivity index (χ0v) is 15.6. The fourth-order valence-electron chi connectivity index (χ4n) is 3.51. The van der Waals surface area contributed by atoms with Crippen LogP contribution >= 0.6 is 0 Å². The predicted molar refractivity (Wildman–Crippen MR) is 103 cm³/mol. The maximum Gasteiger partial charge on any atom is 0.415 e. The number of hydrogen-bond donors (Lipinski definition) is 1. The summed E-state index contributed by atoms with van der Waals surface area (Å²) in [4.78, 5) is 40.5. The molecule has 2 aliphatic rings. The number of Topliss-reactive ketones (excluding diaryl/α,β-unsaturated/α-hetero) is 1. The van der Waals surface area contributed by atoms with Gasteiger partial charge in [0.25, 0.3) is 0 Å². The Morgan fingerprint density at radius 2 is 1.76 bits per heavy atom. The van der Waals surface area contributed by atoms with Crippen LogP contribution < -0.4 is 10.6 Å². The molecule has 0 spiro atoms. The van der Waals surface area contributed by atoms with Crippen molar-refractivity contribution < 1.29 is 23.9 Å². The van der Waals surface area contributed by atoms with Crippen molar-refractivity contribution in [3.05, 3.63) is 66.2 Å². The van der Waals surface area contributed by atoms with E-state index in [2.05, 4.69) is 0 Å². The van der Waals surface area contributed by atoms with Crippen molar-refractivity contribution in [2.45, 2.75) is 19.0 Å². The minimum Gasteiger partial charge on any atom is -0.444 e. The minimum absolute atomic E-state index is 0.0773. The van der Waals surface area contributed by atoms with E-state index in [1.165, 1.54) is 9.80 Å². The summed E-state index contributed by atoms with van der Waals surface area (Å²) >= 11 is 0. The van der Waals surface area contributed by atoms with E-state index in [1.54, 1.807) is 30.3 Å². The number of ether oxygens (including phenoxy) is 2. The number of anilines is 1. The summed E-state index contributed by atoms with van der Waals surface area (Å²) in [6, 6.07) is 18.0. The van der Waals surface area contributed by atoms with E-state index in [1.807, 2.05) is 30.3 Å². The molecule has 0 bridgehead atoms. The summed E-state index contributed by atoms with van der Waals surface area (Å²) in [5.74, 6) is -1.72. The van der Waals surface area contributed by atoms with Crippen LogP contribution in [0.1, 0.15) is 5.56 Å². The van der Waals surface area contributed by atoms with Gasteiger partial charge in [-0.05, 0) is 17.7 Å². The molecule has 3 atom stereocenters. The molecule has 2 heterocycles. The standard InChI is InChI=1S/C21H21N3O5/c22-17-13-28-20-18(19(26)24(17)20)16(25)11-23(15-9-5-2-6-10-15)21(27)29-12-14-7-3-1-4-8-14/h1-10,17-18,20H,11-13,22H2/t17?,18-,20+/m0/s1. The Bertz CT molecular complexity index is 905. The lowest BCUT2D eigenvalue weighted by atomic mass is 9.91. The third-order valence-electron chi connectivity index (χ3n) is 5.03. The fourth-order valence-corrected chi connectivity index (χ4v) is 3.51. The van der Waals surface area contributed by atoms with Gasteiger partial charge < -0.3 is 15.2 Å². The highest BCUT2D eigenvalue weighted by molar-refractivity contribution is 6.09. The molecule has 0 aliphatic carbocycles. The van der Waals surface area contributed by atoms with Crippen molar-refractivity contribution in [2.75, 3.05) is 18.1 Å². The van der Waals surface area contributed by atoms with Gasteiger partial charge in [-0.15, -0.1) is 0 Å². The molecule has 29 heavy (non-hydrogen) atoms. The van der Waals surface area contributed by atoms with Crippen LogP contribution in [0.15, 0.2) is 60.7 Å². The van der Waals surface area contributed by atoms with Crippen molar-refractivity contribution in [3.63, 3.8) is 0 Å². The second-order valence-electron chi connectivity index (χ2n) is 6.94. The monoisotopic (exact) mass is 395 g/mol. The Labute approximate surface area is 167 Å². The summed E-state index contributed by atoms with van der Waals surface area (Å²) in [6.07, 6.45) is -1.85. The molecule has 2 amide bonds. The molecule has 8 heteroatoms. The molecule has 2 fully saturated rings. The predicted octanol–water partition coefficient (Wildman–Crippen LogP) is 1.50. The zero-order valence-electron chi connectivity index (χ0n) is 15.6. The van der Waals surface area contributed by atoms with Crippen molar-refractivity contribution in [2.24, 2.45) is 11.7 Å². The van der Waals surface area contributed by atoms with Crippen LogP contribution in [0.25, 0.3) is 0 Å². The quantitative estimate of drug-likeness (QED) is 0.587. The van der Waals surface area contributed by atoms with E-state index < -0.39 is 30.2 Å². The molecule has 0 saturated carbocycles.